The van der Waals surface area contributed by atoms with Gasteiger partial charge in [0.1, 0.15) is 12.7 Å². The van der Waals surface area contributed by atoms with Crippen LogP contribution in [0.3, 0.4) is 0 Å². The molecule has 142 valence electrons. The molecule has 1 aliphatic rings. The summed E-state index contributed by atoms with van der Waals surface area (Å²) in [6.45, 7) is 6.31. The van der Waals surface area contributed by atoms with E-state index in [0.717, 1.165) is 37.0 Å². The van der Waals surface area contributed by atoms with Gasteiger partial charge in [0.05, 0.1) is 18.2 Å². The van der Waals surface area contributed by atoms with Crippen molar-refractivity contribution in [3.8, 4) is 0 Å². The van der Waals surface area contributed by atoms with Gasteiger partial charge in [0.25, 0.3) is 0 Å². The highest BCUT2D eigenvalue weighted by atomic mass is 16.5. The lowest BCUT2D eigenvalue weighted by Gasteiger charge is -2.40. The minimum absolute atomic E-state index is 0.280. The average Bonchev–Trinajstić information content (AvgIpc) is 3.16. The molecule has 1 aromatic carbocycles. The fraction of sp³-hybridized carbons (Fsp3) is 0.500. The van der Waals surface area contributed by atoms with Crippen LogP contribution in [-0.4, -0.2) is 32.5 Å². The zero-order valence-corrected chi connectivity index (χ0v) is 16.2. The third-order valence-electron chi connectivity index (χ3n) is 5.68. The number of aromatic nitrogens is 4. The van der Waals surface area contributed by atoms with Gasteiger partial charge in [-0.3, -0.25) is 9.67 Å². The van der Waals surface area contributed by atoms with Crippen molar-refractivity contribution in [2.24, 2.45) is 11.3 Å². The maximum absolute atomic E-state index is 6.35. The molecule has 2 atom stereocenters. The number of hydrogen-bond acceptors (Lipinski definition) is 4. The molecule has 0 bridgehead atoms. The van der Waals surface area contributed by atoms with Gasteiger partial charge in [0.2, 0.25) is 0 Å². The maximum atomic E-state index is 6.35. The number of ether oxygens (including phenoxy) is 1. The van der Waals surface area contributed by atoms with Crippen LogP contribution in [-0.2, 0) is 17.7 Å². The van der Waals surface area contributed by atoms with E-state index in [4.69, 9.17) is 9.72 Å². The second-order valence-corrected chi connectivity index (χ2v) is 8.44. The molecule has 27 heavy (non-hydrogen) atoms. The summed E-state index contributed by atoms with van der Waals surface area (Å²) in [7, 11) is 0. The molecule has 5 nitrogen and oxygen atoms in total. The summed E-state index contributed by atoms with van der Waals surface area (Å²) in [5.74, 6) is 0.472. The summed E-state index contributed by atoms with van der Waals surface area (Å²) in [4.78, 5) is 8.84. The average molecular weight is 364 g/mol. The second kappa shape index (κ2) is 7.77. The number of nitrogens with zero attached hydrogens (tertiary/aromatic N) is 4. The Morgan fingerprint density at radius 1 is 1.19 bits per heavy atom. The van der Waals surface area contributed by atoms with E-state index in [0.29, 0.717) is 17.9 Å². The molecule has 4 rings (SSSR count). The number of pyridine rings is 1. The molecule has 2 aromatic heterocycles. The van der Waals surface area contributed by atoms with Gasteiger partial charge >= 0.3 is 0 Å². The largest absolute Gasteiger partial charge is 0.377 e. The first-order valence-corrected chi connectivity index (χ1v) is 9.88. The molecule has 0 radical (unpaired) electrons. The fourth-order valence-electron chi connectivity index (χ4n) is 4.24. The molecule has 0 unspecified atom stereocenters. The number of para-hydroxylation sites is 1. The van der Waals surface area contributed by atoms with Gasteiger partial charge in [0, 0.05) is 30.0 Å². The van der Waals surface area contributed by atoms with Crippen molar-refractivity contribution >= 4 is 10.9 Å². The molecule has 1 saturated carbocycles. The predicted octanol–water partition coefficient (Wildman–Crippen LogP) is 4.28. The van der Waals surface area contributed by atoms with E-state index in [1.165, 1.54) is 11.8 Å². The summed E-state index contributed by atoms with van der Waals surface area (Å²) >= 11 is 0. The van der Waals surface area contributed by atoms with Crippen molar-refractivity contribution in [1.29, 1.82) is 0 Å². The van der Waals surface area contributed by atoms with Crippen LogP contribution < -0.4 is 0 Å². The van der Waals surface area contributed by atoms with E-state index in [1.807, 2.05) is 16.8 Å². The number of benzene rings is 1. The van der Waals surface area contributed by atoms with Crippen LogP contribution in [0.4, 0.5) is 0 Å². The monoisotopic (exact) mass is 364 g/mol. The topological polar surface area (TPSA) is 52.8 Å². The fourth-order valence-corrected chi connectivity index (χ4v) is 4.24. The Kier molecular flexibility index (Phi) is 5.21. The molecular weight excluding hydrogens is 336 g/mol. The van der Waals surface area contributed by atoms with Crippen LogP contribution in [0.2, 0.25) is 0 Å². The van der Waals surface area contributed by atoms with E-state index >= 15 is 0 Å². The third kappa shape index (κ3) is 4.53. The van der Waals surface area contributed by atoms with Gasteiger partial charge in [-0.1, -0.05) is 38.1 Å². The number of hydrogen-bond donors (Lipinski definition) is 0. The Balaban J connectivity index is 1.37. The molecule has 0 amide bonds. The molecule has 0 saturated heterocycles. The van der Waals surface area contributed by atoms with Crippen molar-refractivity contribution in [2.45, 2.75) is 52.2 Å². The first kappa shape index (κ1) is 18.1. The lowest BCUT2D eigenvalue weighted by Crippen LogP contribution is -2.38. The van der Waals surface area contributed by atoms with E-state index in [9.17, 15) is 0 Å². The predicted molar refractivity (Wildman–Crippen MR) is 106 cm³/mol. The van der Waals surface area contributed by atoms with E-state index < -0.39 is 0 Å². The van der Waals surface area contributed by atoms with Crippen molar-refractivity contribution < 1.29 is 4.74 Å². The minimum Gasteiger partial charge on any atom is -0.377 e. The van der Waals surface area contributed by atoms with Crippen LogP contribution in [0.15, 0.2) is 49.1 Å². The Labute approximate surface area is 160 Å². The van der Waals surface area contributed by atoms with Gasteiger partial charge in [-0.15, -0.1) is 0 Å². The van der Waals surface area contributed by atoms with E-state index in [2.05, 4.69) is 48.2 Å². The minimum atomic E-state index is 0.280. The highest BCUT2D eigenvalue weighted by Crippen LogP contribution is 2.40. The SMILES string of the molecule is CC1(C)CC[C@H](OCCc2ccc3ccccc3n2)[C@H](Cn2cncn2)C1. The van der Waals surface area contributed by atoms with Crippen molar-refractivity contribution in [1.82, 2.24) is 19.7 Å². The summed E-state index contributed by atoms with van der Waals surface area (Å²) in [6.07, 6.45) is 8.01. The van der Waals surface area contributed by atoms with E-state index in [1.54, 1.807) is 12.7 Å². The summed E-state index contributed by atoms with van der Waals surface area (Å²) in [5.41, 5.74) is 2.52. The van der Waals surface area contributed by atoms with Crippen LogP contribution >= 0.6 is 0 Å². The van der Waals surface area contributed by atoms with Gasteiger partial charge in [0.15, 0.2) is 0 Å². The molecule has 0 N–H and O–H groups in total. The molecule has 0 aliphatic heterocycles. The van der Waals surface area contributed by atoms with Crippen molar-refractivity contribution in [3.63, 3.8) is 0 Å². The number of fused-ring (bicyclic) bond motifs is 1. The second-order valence-electron chi connectivity index (χ2n) is 8.44. The molecule has 5 heteroatoms. The Morgan fingerprint density at radius 2 is 2.07 bits per heavy atom. The van der Waals surface area contributed by atoms with Gasteiger partial charge in [-0.2, -0.15) is 5.10 Å². The molecule has 3 aromatic rings. The first-order chi connectivity index (χ1) is 13.1. The molecule has 2 heterocycles. The Bertz CT molecular complexity index is 875. The van der Waals surface area contributed by atoms with Gasteiger partial charge < -0.3 is 4.74 Å². The standard InChI is InChI=1S/C22H28N4O/c1-22(2)11-9-21(18(13-22)14-26-16-23-15-24-26)27-12-10-19-8-7-17-5-3-4-6-20(17)25-19/h3-8,15-16,18,21H,9-14H2,1-2H3/t18-,21-/m0/s1. The zero-order chi connectivity index (χ0) is 18.7. The molecule has 1 fully saturated rings. The molecule has 1 aliphatic carbocycles. The Morgan fingerprint density at radius 3 is 2.93 bits per heavy atom. The third-order valence-corrected chi connectivity index (χ3v) is 5.68. The highest BCUT2D eigenvalue weighted by molar-refractivity contribution is 5.78. The van der Waals surface area contributed by atoms with Crippen LogP contribution in [0.5, 0.6) is 0 Å². The number of rotatable bonds is 6. The van der Waals surface area contributed by atoms with Crippen molar-refractivity contribution in [3.05, 3.63) is 54.7 Å². The van der Waals surface area contributed by atoms with Crippen LogP contribution in [0.1, 0.15) is 38.8 Å². The summed E-state index contributed by atoms with van der Waals surface area (Å²) < 4.78 is 8.29. The maximum Gasteiger partial charge on any atom is 0.137 e. The van der Waals surface area contributed by atoms with E-state index in [-0.39, 0.29) is 6.10 Å². The lowest BCUT2D eigenvalue weighted by atomic mass is 9.71. The van der Waals surface area contributed by atoms with Crippen LogP contribution in [0.25, 0.3) is 10.9 Å². The normalized spacial score (nSPS) is 22.1. The smallest absolute Gasteiger partial charge is 0.137 e. The molecule has 0 spiro atoms. The quantitative estimate of drug-likeness (QED) is 0.655. The first-order valence-electron chi connectivity index (χ1n) is 9.88. The zero-order valence-electron chi connectivity index (χ0n) is 16.2. The summed E-state index contributed by atoms with van der Waals surface area (Å²) in [6, 6.07) is 12.5. The van der Waals surface area contributed by atoms with Crippen LogP contribution in [0, 0.1) is 11.3 Å². The van der Waals surface area contributed by atoms with Gasteiger partial charge in [-0.05, 0) is 36.8 Å². The molecular formula is C22H28N4O. The Hall–Kier alpha value is -2.27. The highest BCUT2D eigenvalue weighted by Gasteiger charge is 2.35. The van der Waals surface area contributed by atoms with Crippen molar-refractivity contribution in [2.75, 3.05) is 6.61 Å². The lowest BCUT2D eigenvalue weighted by molar-refractivity contribution is -0.0435. The van der Waals surface area contributed by atoms with Gasteiger partial charge in [-0.25, -0.2) is 4.98 Å². The summed E-state index contributed by atoms with van der Waals surface area (Å²) in [5, 5.41) is 5.47.